The van der Waals surface area contributed by atoms with Gasteiger partial charge in [-0.05, 0) is 11.1 Å². The third-order valence-electron chi connectivity index (χ3n) is 4.21. The summed E-state index contributed by atoms with van der Waals surface area (Å²) in [6.45, 7) is 2.59. The first-order chi connectivity index (χ1) is 12.2. The van der Waals surface area contributed by atoms with E-state index in [9.17, 15) is 9.59 Å². The Hall–Kier alpha value is -2.66. The van der Waals surface area contributed by atoms with Crippen LogP contribution >= 0.6 is 0 Å². The number of amides is 1. The summed E-state index contributed by atoms with van der Waals surface area (Å²) in [5.41, 5.74) is 2.08. The van der Waals surface area contributed by atoms with E-state index in [2.05, 4.69) is 0 Å². The van der Waals surface area contributed by atoms with Gasteiger partial charge in [0.05, 0.1) is 13.1 Å². The molecular weight excluding hydrogens is 316 g/mol. The second-order valence-corrected chi connectivity index (χ2v) is 6.16. The Labute approximate surface area is 147 Å². The second kappa shape index (κ2) is 8.44. The van der Waals surface area contributed by atoms with Gasteiger partial charge >= 0.3 is 5.97 Å². The van der Waals surface area contributed by atoms with Crippen LogP contribution in [0.1, 0.15) is 11.1 Å². The lowest BCUT2D eigenvalue weighted by Crippen LogP contribution is -2.51. The molecule has 1 amide bonds. The summed E-state index contributed by atoms with van der Waals surface area (Å²) in [6.07, 6.45) is 0. The summed E-state index contributed by atoms with van der Waals surface area (Å²) in [4.78, 5) is 28.0. The molecule has 1 fully saturated rings. The zero-order chi connectivity index (χ0) is 17.5. The molecule has 3 rings (SSSR count). The lowest BCUT2D eigenvalue weighted by Gasteiger charge is -2.33. The number of piperazine rings is 1. The van der Waals surface area contributed by atoms with E-state index in [1.54, 1.807) is 0 Å². The minimum atomic E-state index is -0.298. The molecule has 5 heteroatoms. The van der Waals surface area contributed by atoms with Crippen molar-refractivity contribution in [3.8, 4) is 0 Å². The summed E-state index contributed by atoms with van der Waals surface area (Å²) in [5.74, 6) is -0.251. The molecule has 0 radical (unpaired) electrons. The van der Waals surface area contributed by atoms with E-state index >= 15 is 0 Å². The predicted octanol–water partition coefficient (Wildman–Crippen LogP) is 2.07. The SMILES string of the molecule is O=C(CN1CCN(Cc2ccccc2)C(=O)C1)OCc1ccccc1. The first-order valence-electron chi connectivity index (χ1n) is 8.44. The number of ether oxygens (including phenoxy) is 1. The van der Waals surface area contributed by atoms with Gasteiger partial charge < -0.3 is 9.64 Å². The molecular formula is C20H22N2O3. The summed E-state index contributed by atoms with van der Waals surface area (Å²) in [7, 11) is 0. The third-order valence-corrected chi connectivity index (χ3v) is 4.21. The normalized spacial score (nSPS) is 15.2. The highest BCUT2D eigenvalue weighted by Crippen LogP contribution is 2.10. The van der Waals surface area contributed by atoms with Crippen molar-refractivity contribution in [3.63, 3.8) is 0 Å². The van der Waals surface area contributed by atoms with Gasteiger partial charge in [-0.1, -0.05) is 60.7 Å². The van der Waals surface area contributed by atoms with Crippen LogP contribution in [0.5, 0.6) is 0 Å². The fraction of sp³-hybridized carbons (Fsp3) is 0.300. The number of hydrogen-bond donors (Lipinski definition) is 0. The van der Waals surface area contributed by atoms with Crippen LogP contribution in [0.3, 0.4) is 0 Å². The zero-order valence-electron chi connectivity index (χ0n) is 14.1. The number of rotatable bonds is 6. The quantitative estimate of drug-likeness (QED) is 0.757. The number of carbonyl (C=O) groups excluding carboxylic acids is 2. The molecule has 2 aromatic carbocycles. The number of carbonyl (C=O) groups is 2. The largest absolute Gasteiger partial charge is 0.460 e. The van der Waals surface area contributed by atoms with Gasteiger partial charge in [0.1, 0.15) is 6.61 Å². The van der Waals surface area contributed by atoms with Gasteiger partial charge in [0, 0.05) is 19.6 Å². The molecule has 2 aromatic rings. The standard InChI is InChI=1S/C20H22N2O3/c23-19-14-21(11-12-22(19)13-17-7-3-1-4-8-17)15-20(24)25-16-18-9-5-2-6-10-18/h1-10H,11-16H2. The Morgan fingerprint density at radius 2 is 1.56 bits per heavy atom. The lowest BCUT2D eigenvalue weighted by molar-refractivity contribution is -0.148. The van der Waals surface area contributed by atoms with Crippen molar-refractivity contribution in [2.75, 3.05) is 26.2 Å². The minimum Gasteiger partial charge on any atom is -0.460 e. The number of esters is 1. The second-order valence-electron chi connectivity index (χ2n) is 6.16. The third kappa shape index (κ3) is 5.16. The molecule has 130 valence electrons. The molecule has 1 saturated heterocycles. The van der Waals surface area contributed by atoms with Crippen molar-refractivity contribution in [2.24, 2.45) is 0 Å². The van der Waals surface area contributed by atoms with Crippen molar-refractivity contribution in [2.45, 2.75) is 13.2 Å². The molecule has 1 aliphatic rings. The maximum absolute atomic E-state index is 12.3. The maximum atomic E-state index is 12.3. The Balaban J connectivity index is 1.43. The van der Waals surface area contributed by atoms with Crippen LogP contribution in [-0.2, 0) is 27.5 Å². The summed E-state index contributed by atoms with van der Waals surface area (Å²) in [6, 6.07) is 19.5. The monoisotopic (exact) mass is 338 g/mol. The van der Waals surface area contributed by atoms with Crippen LogP contribution in [0.2, 0.25) is 0 Å². The Morgan fingerprint density at radius 1 is 0.920 bits per heavy atom. The zero-order valence-corrected chi connectivity index (χ0v) is 14.1. The fourth-order valence-corrected chi connectivity index (χ4v) is 2.83. The Bertz CT molecular complexity index is 701. The van der Waals surface area contributed by atoms with Crippen molar-refractivity contribution in [1.29, 1.82) is 0 Å². The molecule has 25 heavy (non-hydrogen) atoms. The first kappa shape index (κ1) is 17.2. The smallest absolute Gasteiger partial charge is 0.320 e. The molecule has 5 nitrogen and oxygen atoms in total. The van der Waals surface area contributed by atoms with Crippen LogP contribution < -0.4 is 0 Å². The van der Waals surface area contributed by atoms with E-state index in [0.717, 1.165) is 11.1 Å². The van der Waals surface area contributed by atoms with Crippen LogP contribution in [0, 0.1) is 0 Å². The van der Waals surface area contributed by atoms with Gasteiger partial charge in [0.25, 0.3) is 0 Å². The molecule has 0 unspecified atom stereocenters. The number of nitrogens with zero attached hydrogens (tertiary/aromatic N) is 2. The van der Waals surface area contributed by atoms with Crippen LogP contribution in [0.15, 0.2) is 60.7 Å². The van der Waals surface area contributed by atoms with E-state index in [-0.39, 0.29) is 31.6 Å². The molecule has 0 atom stereocenters. The predicted molar refractivity (Wildman–Crippen MR) is 94.5 cm³/mol. The van der Waals surface area contributed by atoms with Gasteiger partial charge in [-0.25, -0.2) is 0 Å². The molecule has 0 aromatic heterocycles. The number of benzene rings is 2. The molecule has 1 heterocycles. The molecule has 1 aliphatic heterocycles. The molecule has 0 saturated carbocycles. The molecule has 0 N–H and O–H groups in total. The molecule has 0 spiro atoms. The first-order valence-corrected chi connectivity index (χ1v) is 8.44. The molecule has 0 bridgehead atoms. The fourth-order valence-electron chi connectivity index (χ4n) is 2.83. The maximum Gasteiger partial charge on any atom is 0.320 e. The van der Waals surface area contributed by atoms with E-state index in [4.69, 9.17) is 4.74 Å². The summed E-state index contributed by atoms with van der Waals surface area (Å²) in [5, 5.41) is 0. The van der Waals surface area contributed by atoms with Crippen molar-refractivity contribution in [1.82, 2.24) is 9.80 Å². The van der Waals surface area contributed by atoms with Gasteiger partial charge in [-0.2, -0.15) is 0 Å². The van der Waals surface area contributed by atoms with Crippen LogP contribution in [-0.4, -0.2) is 47.9 Å². The van der Waals surface area contributed by atoms with Crippen molar-refractivity contribution >= 4 is 11.9 Å². The highest BCUT2D eigenvalue weighted by atomic mass is 16.5. The van der Waals surface area contributed by atoms with Crippen molar-refractivity contribution < 1.29 is 14.3 Å². The van der Waals surface area contributed by atoms with Crippen LogP contribution in [0.4, 0.5) is 0 Å². The highest BCUT2D eigenvalue weighted by molar-refractivity contribution is 5.80. The van der Waals surface area contributed by atoms with Gasteiger partial charge in [0.15, 0.2) is 0 Å². The van der Waals surface area contributed by atoms with Gasteiger partial charge in [-0.15, -0.1) is 0 Å². The average molecular weight is 338 g/mol. The van der Waals surface area contributed by atoms with Gasteiger partial charge in [0.2, 0.25) is 5.91 Å². The lowest BCUT2D eigenvalue weighted by atomic mass is 10.2. The Kier molecular flexibility index (Phi) is 5.80. The highest BCUT2D eigenvalue weighted by Gasteiger charge is 2.25. The van der Waals surface area contributed by atoms with Crippen molar-refractivity contribution in [3.05, 3.63) is 71.8 Å². The summed E-state index contributed by atoms with van der Waals surface area (Å²) < 4.78 is 5.28. The van der Waals surface area contributed by atoms with Gasteiger partial charge in [-0.3, -0.25) is 14.5 Å². The van der Waals surface area contributed by atoms with E-state index < -0.39 is 0 Å². The summed E-state index contributed by atoms with van der Waals surface area (Å²) >= 11 is 0. The Morgan fingerprint density at radius 3 is 2.20 bits per heavy atom. The number of hydrogen-bond acceptors (Lipinski definition) is 4. The minimum absolute atomic E-state index is 0.0472. The van der Waals surface area contributed by atoms with E-state index in [0.29, 0.717) is 19.6 Å². The van der Waals surface area contributed by atoms with Crippen LogP contribution in [0.25, 0.3) is 0 Å². The van der Waals surface area contributed by atoms with E-state index in [1.165, 1.54) is 0 Å². The topological polar surface area (TPSA) is 49.9 Å². The average Bonchev–Trinajstić information content (AvgIpc) is 2.64. The molecule has 0 aliphatic carbocycles. The van der Waals surface area contributed by atoms with E-state index in [1.807, 2.05) is 70.5 Å².